The highest BCUT2D eigenvalue weighted by Crippen LogP contribution is 2.37. The van der Waals surface area contributed by atoms with Gasteiger partial charge in [0.25, 0.3) is 0 Å². The molecule has 0 aliphatic rings. The number of nitrogens with zero attached hydrogens (tertiary/aromatic N) is 1. The maximum absolute atomic E-state index is 11.4. The van der Waals surface area contributed by atoms with Crippen molar-refractivity contribution in [1.29, 1.82) is 0 Å². The summed E-state index contributed by atoms with van der Waals surface area (Å²) in [5.74, 6) is -0.561. The first-order valence-electron chi connectivity index (χ1n) is 5.34. The van der Waals surface area contributed by atoms with E-state index in [2.05, 4.69) is 9.72 Å². The predicted molar refractivity (Wildman–Crippen MR) is 81.1 cm³/mol. The van der Waals surface area contributed by atoms with Crippen LogP contribution in [0.5, 0.6) is 0 Å². The lowest BCUT2D eigenvalue weighted by molar-refractivity contribution is 0.0600. The van der Waals surface area contributed by atoms with Gasteiger partial charge in [-0.25, -0.2) is 9.78 Å². The van der Waals surface area contributed by atoms with Crippen molar-refractivity contribution in [1.82, 2.24) is 4.98 Å². The van der Waals surface area contributed by atoms with Gasteiger partial charge < -0.3 is 4.74 Å². The minimum atomic E-state index is -0.561. The molecule has 0 amide bonds. The molecule has 104 valence electrons. The number of benzene rings is 1. The Balaban J connectivity index is 2.53. The maximum Gasteiger partial charge on any atom is 0.341 e. The Morgan fingerprint density at radius 3 is 2.35 bits per heavy atom. The number of methoxy groups -OCH3 is 1. The van der Waals surface area contributed by atoms with Gasteiger partial charge in [0.15, 0.2) is 0 Å². The van der Waals surface area contributed by atoms with E-state index >= 15 is 0 Å². The Morgan fingerprint density at radius 1 is 1.05 bits per heavy atom. The Morgan fingerprint density at radius 2 is 1.75 bits per heavy atom. The van der Waals surface area contributed by atoms with Crippen LogP contribution in [0.3, 0.4) is 0 Å². The van der Waals surface area contributed by atoms with Gasteiger partial charge in [0.1, 0.15) is 5.15 Å². The second kappa shape index (κ2) is 6.19. The second-order valence-electron chi connectivity index (χ2n) is 3.75. The molecule has 0 spiro atoms. The molecule has 0 saturated heterocycles. The van der Waals surface area contributed by atoms with Gasteiger partial charge in [-0.05, 0) is 24.3 Å². The third kappa shape index (κ3) is 2.86. The Labute approximate surface area is 135 Å². The van der Waals surface area contributed by atoms with Crippen molar-refractivity contribution in [3.05, 3.63) is 50.0 Å². The molecular formula is C13H7Cl4NO2. The molecule has 0 aliphatic heterocycles. The molecule has 0 unspecified atom stereocenters. The number of rotatable bonds is 2. The van der Waals surface area contributed by atoms with Gasteiger partial charge in [-0.15, -0.1) is 0 Å². The molecule has 2 rings (SSSR count). The Kier molecular flexibility index (Phi) is 4.76. The number of carbonyl (C=O) groups is 1. The summed E-state index contributed by atoms with van der Waals surface area (Å²) in [5.41, 5.74) is 1.22. The SMILES string of the molecule is COC(=O)c1ccc(-c2ccc(Cl)c(Cl)c2Cl)nc1Cl. The third-order valence-electron chi connectivity index (χ3n) is 2.57. The van der Waals surface area contributed by atoms with Gasteiger partial charge in [-0.3, -0.25) is 0 Å². The fourth-order valence-corrected chi connectivity index (χ4v) is 2.43. The summed E-state index contributed by atoms with van der Waals surface area (Å²) < 4.78 is 4.59. The van der Waals surface area contributed by atoms with E-state index in [1.165, 1.54) is 13.2 Å². The molecule has 0 bridgehead atoms. The normalized spacial score (nSPS) is 10.4. The molecule has 3 nitrogen and oxygen atoms in total. The number of ether oxygens (including phenoxy) is 1. The molecule has 1 aromatic carbocycles. The van der Waals surface area contributed by atoms with Crippen LogP contribution in [-0.2, 0) is 4.74 Å². The predicted octanol–water partition coefficient (Wildman–Crippen LogP) is 5.15. The summed E-state index contributed by atoms with van der Waals surface area (Å²) in [6, 6.07) is 6.39. The molecule has 0 aliphatic carbocycles. The first kappa shape index (κ1) is 15.4. The standard InChI is InChI=1S/C13H7Cl4NO2/c1-20-13(19)7-3-5-9(18-12(7)17)6-2-4-8(14)11(16)10(6)15/h2-5H,1H3. The molecule has 0 N–H and O–H groups in total. The lowest BCUT2D eigenvalue weighted by atomic mass is 10.1. The fraction of sp³-hybridized carbons (Fsp3) is 0.0769. The molecule has 0 atom stereocenters. The quantitative estimate of drug-likeness (QED) is 0.427. The van der Waals surface area contributed by atoms with E-state index < -0.39 is 5.97 Å². The van der Waals surface area contributed by atoms with Crippen LogP contribution in [0.4, 0.5) is 0 Å². The van der Waals surface area contributed by atoms with E-state index in [0.717, 1.165) is 0 Å². The largest absolute Gasteiger partial charge is 0.465 e. The van der Waals surface area contributed by atoms with Crippen LogP contribution in [0, 0.1) is 0 Å². The van der Waals surface area contributed by atoms with Crippen molar-refractivity contribution in [2.24, 2.45) is 0 Å². The molecule has 1 heterocycles. The average molecular weight is 351 g/mol. The first-order chi connectivity index (χ1) is 9.45. The first-order valence-corrected chi connectivity index (χ1v) is 6.85. The average Bonchev–Trinajstić information content (AvgIpc) is 2.44. The molecular weight excluding hydrogens is 344 g/mol. The van der Waals surface area contributed by atoms with Crippen molar-refractivity contribution in [2.45, 2.75) is 0 Å². The Bertz CT molecular complexity index is 688. The highest BCUT2D eigenvalue weighted by atomic mass is 35.5. The van der Waals surface area contributed by atoms with Crippen molar-refractivity contribution >= 4 is 52.4 Å². The van der Waals surface area contributed by atoms with Crippen LogP contribution >= 0.6 is 46.4 Å². The van der Waals surface area contributed by atoms with Gasteiger partial charge in [-0.2, -0.15) is 0 Å². The third-order valence-corrected chi connectivity index (χ3v) is 4.15. The van der Waals surface area contributed by atoms with Crippen molar-refractivity contribution in [3.63, 3.8) is 0 Å². The van der Waals surface area contributed by atoms with Gasteiger partial charge in [0, 0.05) is 5.56 Å². The van der Waals surface area contributed by atoms with Crippen LogP contribution in [-0.4, -0.2) is 18.1 Å². The highest BCUT2D eigenvalue weighted by Gasteiger charge is 2.16. The van der Waals surface area contributed by atoms with Crippen molar-refractivity contribution < 1.29 is 9.53 Å². The van der Waals surface area contributed by atoms with Gasteiger partial charge >= 0.3 is 5.97 Å². The molecule has 0 saturated carbocycles. The van der Waals surface area contributed by atoms with Crippen molar-refractivity contribution in [3.8, 4) is 11.3 Å². The van der Waals surface area contributed by atoms with E-state index in [0.29, 0.717) is 16.3 Å². The number of halogens is 4. The van der Waals surface area contributed by atoms with Crippen LogP contribution in [0.15, 0.2) is 24.3 Å². The van der Waals surface area contributed by atoms with Crippen LogP contribution in [0.1, 0.15) is 10.4 Å². The summed E-state index contributed by atoms with van der Waals surface area (Å²) in [6.07, 6.45) is 0. The lowest BCUT2D eigenvalue weighted by Gasteiger charge is -2.08. The summed E-state index contributed by atoms with van der Waals surface area (Å²) in [7, 11) is 1.27. The van der Waals surface area contributed by atoms with E-state index in [1.54, 1.807) is 18.2 Å². The molecule has 1 aromatic heterocycles. The monoisotopic (exact) mass is 349 g/mol. The zero-order valence-electron chi connectivity index (χ0n) is 10.1. The van der Waals surface area contributed by atoms with Crippen LogP contribution in [0.25, 0.3) is 11.3 Å². The zero-order valence-corrected chi connectivity index (χ0v) is 13.1. The number of aromatic nitrogens is 1. The lowest BCUT2D eigenvalue weighted by Crippen LogP contribution is -2.03. The summed E-state index contributed by atoms with van der Waals surface area (Å²) in [4.78, 5) is 15.6. The van der Waals surface area contributed by atoms with E-state index in [4.69, 9.17) is 46.4 Å². The minimum Gasteiger partial charge on any atom is -0.465 e. The highest BCUT2D eigenvalue weighted by molar-refractivity contribution is 6.49. The van der Waals surface area contributed by atoms with Crippen LogP contribution < -0.4 is 0 Å². The number of esters is 1. The van der Waals surface area contributed by atoms with Gasteiger partial charge in [-0.1, -0.05) is 46.4 Å². The second-order valence-corrected chi connectivity index (χ2v) is 5.27. The molecule has 0 fully saturated rings. The number of carbonyl (C=O) groups excluding carboxylic acids is 1. The molecule has 20 heavy (non-hydrogen) atoms. The van der Waals surface area contributed by atoms with Gasteiger partial charge in [0.2, 0.25) is 0 Å². The number of hydrogen-bond donors (Lipinski definition) is 0. The number of hydrogen-bond acceptors (Lipinski definition) is 3. The fourth-order valence-electron chi connectivity index (χ4n) is 1.57. The molecule has 0 radical (unpaired) electrons. The van der Waals surface area contributed by atoms with E-state index in [1.807, 2.05) is 0 Å². The summed E-state index contributed by atoms with van der Waals surface area (Å²) in [5, 5.41) is 0.878. The minimum absolute atomic E-state index is 0.0245. The summed E-state index contributed by atoms with van der Waals surface area (Å²) in [6.45, 7) is 0. The smallest absolute Gasteiger partial charge is 0.341 e. The van der Waals surface area contributed by atoms with E-state index in [-0.39, 0.29) is 20.8 Å². The van der Waals surface area contributed by atoms with Crippen molar-refractivity contribution in [2.75, 3.05) is 7.11 Å². The zero-order chi connectivity index (χ0) is 14.9. The topological polar surface area (TPSA) is 39.2 Å². The summed E-state index contributed by atoms with van der Waals surface area (Å²) >= 11 is 23.9. The molecule has 7 heteroatoms. The van der Waals surface area contributed by atoms with Crippen LogP contribution in [0.2, 0.25) is 20.2 Å². The van der Waals surface area contributed by atoms with E-state index in [9.17, 15) is 4.79 Å². The molecule has 2 aromatic rings. The maximum atomic E-state index is 11.4. The number of pyridine rings is 1. The van der Waals surface area contributed by atoms with Gasteiger partial charge in [0.05, 0.1) is 33.4 Å². The Hall–Kier alpha value is -1.000.